The average Bonchev–Trinajstić information content (AvgIpc) is 3.37. The van der Waals surface area contributed by atoms with E-state index < -0.39 is 17.5 Å². The fourth-order valence-electron chi connectivity index (χ4n) is 4.73. The Labute approximate surface area is 197 Å². The molecule has 2 aromatic carbocycles. The van der Waals surface area contributed by atoms with Gasteiger partial charge in [0, 0.05) is 11.6 Å². The summed E-state index contributed by atoms with van der Waals surface area (Å²) in [6.45, 7) is 1.81. The Bertz CT molecular complexity index is 1210. The minimum atomic E-state index is -0.865. The highest BCUT2D eigenvalue weighted by Crippen LogP contribution is 2.36. The van der Waals surface area contributed by atoms with Crippen LogP contribution in [0.2, 0.25) is 0 Å². The predicted molar refractivity (Wildman–Crippen MR) is 128 cm³/mol. The van der Waals surface area contributed by atoms with E-state index in [1.54, 1.807) is 10.7 Å². The maximum absolute atomic E-state index is 13.1. The number of urea groups is 1. The van der Waals surface area contributed by atoms with Gasteiger partial charge in [-0.3, -0.25) is 14.5 Å². The normalized spacial score (nSPS) is 22.1. The molecule has 3 aromatic rings. The van der Waals surface area contributed by atoms with E-state index in [4.69, 9.17) is 0 Å². The number of hydrogen-bond acceptors (Lipinski definition) is 4. The Balaban J connectivity index is 1.37. The summed E-state index contributed by atoms with van der Waals surface area (Å²) < 4.78 is 1.65. The second-order valence-corrected chi connectivity index (χ2v) is 9.16. The molecule has 174 valence electrons. The lowest BCUT2D eigenvalue weighted by molar-refractivity contribution is -0.135. The molecular weight excluding hydrogens is 430 g/mol. The van der Waals surface area contributed by atoms with Crippen LogP contribution in [0.1, 0.15) is 32.6 Å². The number of hydrogen-bond donors (Lipinski definition) is 2. The number of carbonyl (C=O) groups excluding carboxylic acids is 3. The summed E-state index contributed by atoms with van der Waals surface area (Å²) in [5, 5.41) is 10.4. The molecule has 8 nitrogen and oxygen atoms in total. The number of amides is 4. The Morgan fingerprint density at radius 2 is 1.71 bits per heavy atom. The van der Waals surface area contributed by atoms with Gasteiger partial charge >= 0.3 is 6.03 Å². The third-order valence-electron chi connectivity index (χ3n) is 6.72. The summed E-state index contributed by atoms with van der Waals surface area (Å²) in [5.41, 5.74) is 1.53. The molecule has 34 heavy (non-hydrogen) atoms. The molecule has 1 saturated carbocycles. The van der Waals surface area contributed by atoms with E-state index >= 15 is 0 Å². The van der Waals surface area contributed by atoms with Crippen LogP contribution in [0, 0.1) is 5.92 Å². The minimum absolute atomic E-state index is 0.305. The fraction of sp³-hybridized carbons (Fsp3) is 0.308. The molecular formula is C26H27N5O3. The maximum atomic E-state index is 13.1. The fourth-order valence-corrected chi connectivity index (χ4v) is 4.73. The van der Waals surface area contributed by atoms with Crippen LogP contribution < -0.4 is 10.6 Å². The first kappa shape index (κ1) is 21.9. The van der Waals surface area contributed by atoms with Gasteiger partial charge in [0.25, 0.3) is 5.91 Å². The van der Waals surface area contributed by atoms with E-state index in [1.807, 2.05) is 60.7 Å². The van der Waals surface area contributed by atoms with Crippen LogP contribution >= 0.6 is 0 Å². The molecule has 1 aliphatic heterocycles. The Kier molecular flexibility index (Phi) is 5.65. The zero-order chi connectivity index (χ0) is 23.7. The van der Waals surface area contributed by atoms with Gasteiger partial charge in [-0.15, -0.1) is 0 Å². The van der Waals surface area contributed by atoms with Gasteiger partial charge in [0.15, 0.2) is 0 Å². The van der Waals surface area contributed by atoms with Crippen molar-refractivity contribution in [2.45, 2.75) is 38.1 Å². The maximum Gasteiger partial charge on any atom is 0.325 e. The quantitative estimate of drug-likeness (QED) is 0.567. The largest absolute Gasteiger partial charge is 0.325 e. The molecule has 1 aliphatic carbocycles. The van der Waals surface area contributed by atoms with Crippen LogP contribution in [0.4, 0.5) is 10.6 Å². The first-order valence-corrected chi connectivity index (χ1v) is 11.6. The van der Waals surface area contributed by atoms with Gasteiger partial charge in [-0.2, -0.15) is 5.10 Å². The molecule has 4 amide bonds. The number of rotatable bonds is 5. The van der Waals surface area contributed by atoms with Crippen LogP contribution in [0.5, 0.6) is 0 Å². The SMILES string of the molecule is CC1CCC2(CC1)NC(=O)N(CC(=O)Nc1cc(-c3ccccc3)nn1-c1ccccc1)C2=O. The average molecular weight is 458 g/mol. The van der Waals surface area contributed by atoms with E-state index in [1.165, 1.54) is 0 Å². The van der Waals surface area contributed by atoms with Crippen molar-refractivity contribution >= 4 is 23.7 Å². The second kappa shape index (κ2) is 8.78. The van der Waals surface area contributed by atoms with Crippen molar-refractivity contribution in [3.05, 3.63) is 66.7 Å². The summed E-state index contributed by atoms with van der Waals surface area (Å²) in [7, 11) is 0. The number of aromatic nitrogens is 2. The van der Waals surface area contributed by atoms with Gasteiger partial charge in [0.1, 0.15) is 17.9 Å². The molecule has 1 saturated heterocycles. The van der Waals surface area contributed by atoms with E-state index in [0.717, 1.165) is 29.0 Å². The molecule has 2 fully saturated rings. The van der Waals surface area contributed by atoms with Gasteiger partial charge in [-0.1, -0.05) is 55.5 Å². The zero-order valence-corrected chi connectivity index (χ0v) is 19.0. The Morgan fingerprint density at radius 1 is 1.06 bits per heavy atom. The Morgan fingerprint density at radius 3 is 2.38 bits per heavy atom. The summed E-state index contributed by atoms with van der Waals surface area (Å²) in [5.74, 6) is 0.232. The summed E-state index contributed by atoms with van der Waals surface area (Å²) in [4.78, 5) is 39.7. The molecule has 0 bridgehead atoms. The van der Waals surface area contributed by atoms with Gasteiger partial charge in [-0.25, -0.2) is 9.48 Å². The molecule has 5 rings (SSSR count). The first-order chi connectivity index (χ1) is 16.4. The van der Waals surface area contributed by atoms with Crippen molar-refractivity contribution in [1.29, 1.82) is 0 Å². The predicted octanol–water partition coefficient (Wildman–Crippen LogP) is 3.98. The van der Waals surface area contributed by atoms with Crippen molar-refractivity contribution in [3.8, 4) is 16.9 Å². The molecule has 0 atom stereocenters. The van der Waals surface area contributed by atoms with Crippen LogP contribution in [-0.2, 0) is 9.59 Å². The summed E-state index contributed by atoms with van der Waals surface area (Å²) >= 11 is 0. The monoisotopic (exact) mass is 457 g/mol. The topological polar surface area (TPSA) is 96.3 Å². The highest BCUT2D eigenvalue weighted by Gasteiger charge is 2.52. The minimum Gasteiger partial charge on any atom is -0.323 e. The summed E-state index contributed by atoms with van der Waals surface area (Å²) in [6.07, 6.45) is 2.98. The number of benzene rings is 2. The number of carbonyl (C=O) groups is 3. The van der Waals surface area contributed by atoms with Crippen molar-refractivity contribution in [2.24, 2.45) is 5.92 Å². The van der Waals surface area contributed by atoms with Crippen molar-refractivity contribution in [2.75, 3.05) is 11.9 Å². The van der Waals surface area contributed by atoms with E-state index in [0.29, 0.717) is 30.3 Å². The lowest BCUT2D eigenvalue weighted by Crippen LogP contribution is -2.49. The number of imide groups is 1. The van der Waals surface area contributed by atoms with Gasteiger partial charge in [0.2, 0.25) is 5.91 Å². The third-order valence-corrected chi connectivity index (χ3v) is 6.72. The lowest BCUT2D eigenvalue weighted by Gasteiger charge is -2.33. The Hall–Kier alpha value is -3.94. The molecule has 2 N–H and O–H groups in total. The van der Waals surface area contributed by atoms with E-state index in [2.05, 4.69) is 22.7 Å². The van der Waals surface area contributed by atoms with Gasteiger partial charge in [-0.05, 0) is 43.7 Å². The van der Waals surface area contributed by atoms with Gasteiger partial charge < -0.3 is 10.6 Å². The highest BCUT2D eigenvalue weighted by atomic mass is 16.2. The van der Waals surface area contributed by atoms with Crippen LogP contribution in [0.25, 0.3) is 16.9 Å². The van der Waals surface area contributed by atoms with Crippen LogP contribution in [0.3, 0.4) is 0 Å². The smallest absolute Gasteiger partial charge is 0.323 e. The van der Waals surface area contributed by atoms with E-state index in [9.17, 15) is 14.4 Å². The molecule has 2 aliphatic rings. The van der Waals surface area contributed by atoms with E-state index in [-0.39, 0.29) is 12.5 Å². The van der Waals surface area contributed by atoms with Crippen molar-refractivity contribution < 1.29 is 14.4 Å². The molecule has 0 radical (unpaired) electrons. The molecule has 0 unspecified atom stereocenters. The summed E-state index contributed by atoms with van der Waals surface area (Å²) in [6, 6.07) is 20.4. The second-order valence-electron chi connectivity index (χ2n) is 9.16. The molecule has 1 aromatic heterocycles. The third kappa shape index (κ3) is 4.07. The number of para-hydroxylation sites is 1. The first-order valence-electron chi connectivity index (χ1n) is 11.6. The van der Waals surface area contributed by atoms with Crippen molar-refractivity contribution in [1.82, 2.24) is 20.0 Å². The number of nitrogens with one attached hydrogen (secondary N) is 2. The van der Waals surface area contributed by atoms with Crippen LogP contribution in [0.15, 0.2) is 66.7 Å². The van der Waals surface area contributed by atoms with Crippen LogP contribution in [-0.4, -0.2) is 44.6 Å². The lowest BCUT2D eigenvalue weighted by atomic mass is 9.77. The van der Waals surface area contributed by atoms with Gasteiger partial charge in [0.05, 0.1) is 11.4 Å². The molecule has 2 heterocycles. The number of nitrogens with zero attached hydrogens (tertiary/aromatic N) is 3. The number of anilines is 1. The molecule has 8 heteroatoms. The zero-order valence-electron chi connectivity index (χ0n) is 19.0. The standard InChI is InChI=1S/C26H27N5O3/c1-18-12-14-26(15-13-18)24(33)30(25(34)28-26)17-23(32)27-22-16-21(19-8-4-2-5-9-19)29-31(22)20-10-6-3-7-11-20/h2-11,16,18H,12-15,17H2,1H3,(H,27,32)(H,28,34). The highest BCUT2D eigenvalue weighted by molar-refractivity contribution is 6.10. The van der Waals surface area contributed by atoms with Crippen molar-refractivity contribution in [3.63, 3.8) is 0 Å². The molecule has 1 spiro atoms.